The molecule has 0 bridgehead atoms. The van der Waals surface area contributed by atoms with E-state index in [1.165, 1.54) is 0 Å². The molecule has 0 aliphatic carbocycles. The number of hydrogen-bond acceptors (Lipinski definition) is 1. The molecule has 0 aliphatic heterocycles. The number of fused-ring (bicyclic) bond motifs is 1. The Kier molecular flexibility index (Phi) is 4.16. The summed E-state index contributed by atoms with van der Waals surface area (Å²) in [6.45, 7) is 0.601. The average molecular weight is 313 g/mol. The fourth-order valence-corrected chi connectivity index (χ4v) is 2.72. The molecular formula is C18H17ClN2O. The van der Waals surface area contributed by atoms with Crippen LogP contribution >= 0.6 is 11.6 Å². The van der Waals surface area contributed by atoms with Crippen molar-refractivity contribution in [3.63, 3.8) is 0 Å². The van der Waals surface area contributed by atoms with Crippen LogP contribution < -0.4 is 5.32 Å². The molecule has 0 saturated carbocycles. The predicted molar refractivity (Wildman–Crippen MR) is 90.4 cm³/mol. The molecule has 3 rings (SSSR count). The van der Waals surface area contributed by atoms with E-state index >= 15 is 0 Å². The van der Waals surface area contributed by atoms with Crippen molar-refractivity contribution in [3.05, 3.63) is 70.9 Å². The Hall–Kier alpha value is -2.26. The van der Waals surface area contributed by atoms with Gasteiger partial charge in [-0.2, -0.15) is 0 Å². The summed E-state index contributed by atoms with van der Waals surface area (Å²) in [5.74, 6) is -0.0363. The molecule has 1 heterocycles. The minimum atomic E-state index is -0.0363. The zero-order valence-corrected chi connectivity index (χ0v) is 13.1. The van der Waals surface area contributed by atoms with Crippen molar-refractivity contribution >= 4 is 28.4 Å². The highest BCUT2D eigenvalue weighted by Gasteiger charge is 2.12. The molecule has 112 valence electrons. The smallest absolute Gasteiger partial charge is 0.253 e. The fraction of sp³-hybridized carbons (Fsp3) is 0.167. The Labute approximate surface area is 134 Å². The van der Waals surface area contributed by atoms with Crippen molar-refractivity contribution in [3.8, 4) is 0 Å². The summed E-state index contributed by atoms with van der Waals surface area (Å²) in [7, 11) is 1.95. The Bertz CT molecular complexity index is 806. The summed E-state index contributed by atoms with van der Waals surface area (Å²) in [5.41, 5.74) is 2.93. The number of para-hydroxylation sites is 1. The minimum Gasteiger partial charge on any atom is -0.352 e. The van der Waals surface area contributed by atoms with Gasteiger partial charge in [0.15, 0.2) is 0 Å². The zero-order valence-electron chi connectivity index (χ0n) is 12.3. The van der Waals surface area contributed by atoms with Gasteiger partial charge in [0.2, 0.25) is 0 Å². The van der Waals surface area contributed by atoms with Crippen molar-refractivity contribution in [2.75, 3.05) is 6.54 Å². The van der Waals surface area contributed by atoms with Crippen LogP contribution in [-0.4, -0.2) is 17.0 Å². The number of amides is 1. The summed E-state index contributed by atoms with van der Waals surface area (Å²) in [4.78, 5) is 12.4. The highest BCUT2D eigenvalue weighted by molar-refractivity contribution is 6.30. The van der Waals surface area contributed by atoms with E-state index in [1.54, 1.807) is 0 Å². The third-order valence-corrected chi connectivity index (χ3v) is 4.01. The van der Waals surface area contributed by atoms with Crippen LogP contribution in [0.2, 0.25) is 5.02 Å². The van der Waals surface area contributed by atoms with Gasteiger partial charge < -0.3 is 9.88 Å². The molecule has 0 radical (unpaired) electrons. The van der Waals surface area contributed by atoms with Gasteiger partial charge >= 0.3 is 0 Å². The number of hydrogen-bond donors (Lipinski definition) is 1. The van der Waals surface area contributed by atoms with E-state index in [4.69, 9.17) is 11.6 Å². The summed E-state index contributed by atoms with van der Waals surface area (Å²) in [6.07, 6.45) is 2.66. The minimum absolute atomic E-state index is 0.0363. The quantitative estimate of drug-likeness (QED) is 0.781. The lowest BCUT2D eigenvalue weighted by molar-refractivity contribution is 0.0955. The molecule has 0 saturated heterocycles. The van der Waals surface area contributed by atoms with Gasteiger partial charge in [0.05, 0.1) is 5.56 Å². The van der Waals surface area contributed by atoms with Gasteiger partial charge in [-0.25, -0.2) is 0 Å². The van der Waals surface area contributed by atoms with Gasteiger partial charge in [0, 0.05) is 35.7 Å². The maximum absolute atomic E-state index is 12.4. The Morgan fingerprint density at radius 3 is 2.64 bits per heavy atom. The molecule has 1 aromatic heterocycles. The van der Waals surface area contributed by atoms with E-state index in [0.29, 0.717) is 12.1 Å². The number of aryl methyl sites for hydroxylation is 1. The highest BCUT2D eigenvalue weighted by atomic mass is 35.5. The topological polar surface area (TPSA) is 34.0 Å². The molecule has 0 aliphatic rings. The number of nitrogens with zero attached hydrogens (tertiary/aromatic N) is 1. The molecule has 0 spiro atoms. The van der Waals surface area contributed by atoms with Crippen molar-refractivity contribution in [1.29, 1.82) is 0 Å². The number of carbonyl (C=O) groups excluding carboxylic acids is 1. The molecule has 1 amide bonds. The van der Waals surface area contributed by atoms with E-state index in [2.05, 4.69) is 5.32 Å². The Balaban J connectivity index is 1.67. The summed E-state index contributed by atoms with van der Waals surface area (Å²) < 4.78 is 1.98. The summed E-state index contributed by atoms with van der Waals surface area (Å²) >= 11 is 5.86. The van der Waals surface area contributed by atoms with Crippen LogP contribution in [0.1, 0.15) is 15.9 Å². The highest BCUT2D eigenvalue weighted by Crippen LogP contribution is 2.20. The SMILES string of the molecule is Cn1cc(C(=O)NCCc2ccc(Cl)cc2)c2ccccc21. The zero-order chi connectivity index (χ0) is 15.5. The molecule has 2 aromatic carbocycles. The standard InChI is InChI=1S/C18H17ClN2O/c1-21-12-16(15-4-2-3-5-17(15)21)18(22)20-11-10-13-6-8-14(19)9-7-13/h2-9,12H,10-11H2,1H3,(H,20,22). The third kappa shape index (κ3) is 3.00. The fourth-order valence-electron chi connectivity index (χ4n) is 2.59. The van der Waals surface area contributed by atoms with Gasteiger partial charge in [0.1, 0.15) is 0 Å². The van der Waals surface area contributed by atoms with E-state index in [9.17, 15) is 4.79 Å². The molecular weight excluding hydrogens is 296 g/mol. The Morgan fingerprint density at radius 2 is 1.86 bits per heavy atom. The number of halogens is 1. The van der Waals surface area contributed by atoms with Crippen molar-refractivity contribution in [1.82, 2.24) is 9.88 Å². The normalized spacial score (nSPS) is 10.8. The number of carbonyl (C=O) groups is 1. The van der Waals surface area contributed by atoms with Crippen LogP contribution in [0.5, 0.6) is 0 Å². The third-order valence-electron chi connectivity index (χ3n) is 3.75. The van der Waals surface area contributed by atoms with Crippen LogP contribution in [0.25, 0.3) is 10.9 Å². The molecule has 1 N–H and O–H groups in total. The molecule has 0 atom stereocenters. The van der Waals surface area contributed by atoms with Gasteiger partial charge in [0.25, 0.3) is 5.91 Å². The lowest BCUT2D eigenvalue weighted by atomic mass is 10.1. The molecule has 0 fully saturated rings. The van der Waals surface area contributed by atoms with E-state index < -0.39 is 0 Å². The Morgan fingerprint density at radius 1 is 1.14 bits per heavy atom. The predicted octanol–water partition coefficient (Wildman–Crippen LogP) is 3.80. The van der Waals surface area contributed by atoms with E-state index in [0.717, 1.165) is 27.9 Å². The van der Waals surface area contributed by atoms with Gasteiger partial charge in [-0.3, -0.25) is 4.79 Å². The van der Waals surface area contributed by atoms with Gasteiger partial charge in [-0.05, 0) is 30.2 Å². The van der Waals surface area contributed by atoms with E-state index in [-0.39, 0.29) is 5.91 Å². The summed E-state index contributed by atoms with van der Waals surface area (Å²) in [6, 6.07) is 15.6. The first-order valence-corrected chi connectivity index (χ1v) is 7.59. The number of rotatable bonds is 4. The second-order valence-corrected chi connectivity index (χ2v) is 5.74. The van der Waals surface area contributed by atoms with Crippen LogP contribution in [0.15, 0.2) is 54.7 Å². The van der Waals surface area contributed by atoms with Crippen molar-refractivity contribution in [2.45, 2.75) is 6.42 Å². The molecule has 4 heteroatoms. The van der Waals surface area contributed by atoms with Crippen LogP contribution in [0, 0.1) is 0 Å². The second kappa shape index (κ2) is 6.24. The van der Waals surface area contributed by atoms with E-state index in [1.807, 2.05) is 66.3 Å². The van der Waals surface area contributed by atoms with Crippen LogP contribution in [0.3, 0.4) is 0 Å². The van der Waals surface area contributed by atoms with Crippen molar-refractivity contribution < 1.29 is 4.79 Å². The monoisotopic (exact) mass is 312 g/mol. The lowest BCUT2D eigenvalue weighted by Crippen LogP contribution is -2.25. The second-order valence-electron chi connectivity index (χ2n) is 5.30. The van der Waals surface area contributed by atoms with Crippen LogP contribution in [-0.2, 0) is 13.5 Å². The largest absolute Gasteiger partial charge is 0.352 e. The average Bonchev–Trinajstić information content (AvgIpc) is 2.87. The molecule has 3 aromatic rings. The number of benzene rings is 2. The first kappa shape index (κ1) is 14.7. The van der Waals surface area contributed by atoms with Crippen LogP contribution in [0.4, 0.5) is 0 Å². The van der Waals surface area contributed by atoms with Gasteiger partial charge in [-0.15, -0.1) is 0 Å². The summed E-state index contributed by atoms with van der Waals surface area (Å²) in [5, 5.41) is 4.69. The number of nitrogens with one attached hydrogen (secondary N) is 1. The number of aromatic nitrogens is 1. The first-order valence-electron chi connectivity index (χ1n) is 7.22. The van der Waals surface area contributed by atoms with Gasteiger partial charge in [-0.1, -0.05) is 41.9 Å². The first-order chi connectivity index (χ1) is 10.6. The maximum atomic E-state index is 12.4. The molecule has 0 unspecified atom stereocenters. The maximum Gasteiger partial charge on any atom is 0.253 e. The molecule has 22 heavy (non-hydrogen) atoms. The lowest BCUT2D eigenvalue weighted by Gasteiger charge is -2.05. The molecule has 3 nitrogen and oxygen atoms in total. The van der Waals surface area contributed by atoms with Crippen molar-refractivity contribution in [2.24, 2.45) is 7.05 Å².